The lowest BCUT2D eigenvalue weighted by Crippen LogP contribution is -2.45. The third kappa shape index (κ3) is 6.25. The molecule has 0 aliphatic carbocycles. The number of furan rings is 1. The second-order valence-corrected chi connectivity index (χ2v) is 8.72. The van der Waals surface area contributed by atoms with Crippen LogP contribution in [0.2, 0.25) is 0 Å². The van der Waals surface area contributed by atoms with Gasteiger partial charge in [-0.25, -0.2) is 17.5 Å². The maximum absolute atomic E-state index is 13.1. The molecule has 2 amide bonds. The van der Waals surface area contributed by atoms with Crippen molar-refractivity contribution in [3.05, 3.63) is 84.1 Å². The molecule has 0 fully saturated rings. The summed E-state index contributed by atoms with van der Waals surface area (Å²) in [6.45, 7) is 1.13. The molecule has 0 unspecified atom stereocenters. The molecule has 3 rings (SSSR count). The average Bonchev–Trinajstić information content (AvgIpc) is 3.29. The lowest BCUT2D eigenvalue weighted by molar-refractivity contribution is -0.123. The first-order valence-electron chi connectivity index (χ1n) is 9.66. The number of halogens is 1. The summed E-state index contributed by atoms with van der Waals surface area (Å²) >= 11 is 0. The third-order valence-electron chi connectivity index (χ3n) is 4.53. The number of amides is 2. The van der Waals surface area contributed by atoms with E-state index in [1.807, 2.05) is 6.92 Å². The van der Waals surface area contributed by atoms with E-state index in [9.17, 15) is 22.4 Å². The molecule has 0 aliphatic heterocycles. The molecular weight excluding hydrogens is 437 g/mol. The first kappa shape index (κ1) is 23.2. The molecule has 2 aromatic carbocycles. The molecule has 0 bridgehead atoms. The van der Waals surface area contributed by atoms with E-state index in [0.717, 1.165) is 29.8 Å². The number of rotatable bonds is 9. The van der Waals surface area contributed by atoms with Crippen molar-refractivity contribution in [2.75, 3.05) is 18.0 Å². The first-order chi connectivity index (χ1) is 15.2. The Kier molecular flexibility index (Phi) is 7.39. The van der Waals surface area contributed by atoms with E-state index in [1.165, 1.54) is 11.2 Å². The zero-order valence-electron chi connectivity index (χ0n) is 17.2. The van der Waals surface area contributed by atoms with E-state index >= 15 is 0 Å². The predicted octanol–water partition coefficient (Wildman–Crippen LogP) is 2.36. The van der Waals surface area contributed by atoms with E-state index in [0.29, 0.717) is 11.4 Å². The Bertz CT molecular complexity index is 1160. The monoisotopic (exact) mass is 459 g/mol. The molecule has 0 spiro atoms. The van der Waals surface area contributed by atoms with Crippen LogP contribution in [0.25, 0.3) is 0 Å². The van der Waals surface area contributed by atoms with Crippen LogP contribution in [0.15, 0.2) is 76.2 Å². The molecule has 1 aromatic heterocycles. The van der Waals surface area contributed by atoms with Crippen LogP contribution in [-0.2, 0) is 26.2 Å². The summed E-state index contributed by atoms with van der Waals surface area (Å²) < 4.78 is 45.3. The highest BCUT2D eigenvalue weighted by molar-refractivity contribution is 7.89. The molecule has 0 radical (unpaired) electrons. The predicted molar refractivity (Wildman–Crippen MR) is 116 cm³/mol. The second-order valence-electron chi connectivity index (χ2n) is 6.95. The van der Waals surface area contributed by atoms with Gasteiger partial charge in [-0.2, -0.15) is 0 Å². The number of sulfonamides is 1. The zero-order chi connectivity index (χ0) is 23.1. The Morgan fingerprint density at radius 2 is 1.72 bits per heavy atom. The fraction of sp³-hybridized carbons (Fsp3) is 0.182. The zero-order valence-corrected chi connectivity index (χ0v) is 18.1. The van der Waals surface area contributed by atoms with Crippen LogP contribution in [-0.4, -0.2) is 33.3 Å². The molecule has 0 atom stereocenters. The van der Waals surface area contributed by atoms with Gasteiger partial charge < -0.3 is 14.6 Å². The molecule has 8 nitrogen and oxygen atoms in total. The van der Waals surface area contributed by atoms with Gasteiger partial charge in [-0.15, -0.1) is 0 Å². The summed E-state index contributed by atoms with van der Waals surface area (Å²) in [7, 11) is -4.04. The number of benzene rings is 2. The normalized spacial score (nSPS) is 11.2. The van der Waals surface area contributed by atoms with E-state index in [4.69, 9.17) is 4.42 Å². The number of nitrogens with one attached hydrogen (secondary N) is 2. The Morgan fingerprint density at radius 1 is 1.03 bits per heavy atom. The van der Waals surface area contributed by atoms with E-state index < -0.39 is 34.2 Å². The SMILES string of the molecule is Cc1ccc(N(CC(=O)NCc2ccco2)C(=O)CNS(=O)(=O)c2ccc(F)cc2)cc1. The molecule has 0 aliphatic rings. The topological polar surface area (TPSA) is 109 Å². The standard InChI is InChI=1S/C22H22FN3O5S/c1-16-4-8-18(9-5-16)26(15-21(27)24-13-19-3-2-12-31-19)22(28)14-25-32(29,30)20-10-6-17(23)7-11-20/h2-12,25H,13-15H2,1H3,(H,24,27). The molecule has 168 valence electrons. The van der Waals surface area contributed by atoms with Gasteiger partial charge in [0.25, 0.3) is 0 Å². The van der Waals surface area contributed by atoms with Crippen molar-refractivity contribution in [1.82, 2.24) is 10.0 Å². The summed E-state index contributed by atoms with van der Waals surface area (Å²) in [6.07, 6.45) is 1.48. The molecule has 1 heterocycles. The smallest absolute Gasteiger partial charge is 0.242 e. The molecule has 32 heavy (non-hydrogen) atoms. The van der Waals surface area contributed by atoms with Gasteiger partial charge in [0, 0.05) is 5.69 Å². The summed E-state index contributed by atoms with van der Waals surface area (Å²) in [5.74, 6) is -1.10. The van der Waals surface area contributed by atoms with Crippen LogP contribution in [0, 0.1) is 12.7 Å². The third-order valence-corrected chi connectivity index (χ3v) is 5.94. The Balaban J connectivity index is 1.70. The number of nitrogens with zero attached hydrogens (tertiary/aromatic N) is 1. The maximum Gasteiger partial charge on any atom is 0.242 e. The summed E-state index contributed by atoms with van der Waals surface area (Å²) in [6, 6.07) is 14.5. The van der Waals surface area contributed by atoms with Crippen molar-refractivity contribution < 1.29 is 26.8 Å². The van der Waals surface area contributed by atoms with Gasteiger partial charge in [-0.05, 0) is 55.5 Å². The fourth-order valence-electron chi connectivity index (χ4n) is 2.80. The van der Waals surface area contributed by atoms with Gasteiger partial charge >= 0.3 is 0 Å². The van der Waals surface area contributed by atoms with Crippen LogP contribution in [0.5, 0.6) is 0 Å². The molecule has 3 aromatic rings. The lowest BCUT2D eigenvalue weighted by atomic mass is 10.2. The van der Waals surface area contributed by atoms with Crippen molar-refractivity contribution in [2.45, 2.75) is 18.4 Å². The van der Waals surface area contributed by atoms with Crippen LogP contribution >= 0.6 is 0 Å². The molecule has 10 heteroatoms. The molecular formula is C22H22FN3O5S. The van der Waals surface area contributed by atoms with Crippen LogP contribution < -0.4 is 14.9 Å². The largest absolute Gasteiger partial charge is 0.467 e. The minimum absolute atomic E-state index is 0.152. The number of carbonyl (C=O) groups excluding carboxylic acids is 2. The minimum Gasteiger partial charge on any atom is -0.467 e. The van der Waals surface area contributed by atoms with Crippen molar-refractivity contribution in [1.29, 1.82) is 0 Å². The minimum atomic E-state index is -4.04. The van der Waals surface area contributed by atoms with Crippen molar-refractivity contribution in [2.24, 2.45) is 0 Å². The summed E-state index contributed by atoms with van der Waals surface area (Å²) in [5.41, 5.74) is 1.40. The molecule has 0 saturated heterocycles. The van der Waals surface area contributed by atoms with E-state index in [1.54, 1.807) is 36.4 Å². The number of carbonyl (C=O) groups is 2. The Morgan fingerprint density at radius 3 is 2.34 bits per heavy atom. The quantitative estimate of drug-likeness (QED) is 0.511. The highest BCUT2D eigenvalue weighted by atomic mass is 32.2. The summed E-state index contributed by atoms with van der Waals surface area (Å²) in [5, 5.41) is 2.65. The first-order valence-corrected chi connectivity index (χ1v) is 11.1. The van der Waals surface area contributed by atoms with Crippen LogP contribution in [0.3, 0.4) is 0 Å². The number of hydrogen-bond acceptors (Lipinski definition) is 5. The Labute approximate surface area is 185 Å². The molecule has 2 N–H and O–H groups in total. The average molecular weight is 459 g/mol. The van der Waals surface area contributed by atoms with Crippen molar-refractivity contribution in [3.8, 4) is 0 Å². The van der Waals surface area contributed by atoms with Gasteiger partial charge in [0.15, 0.2) is 0 Å². The highest BCUT2D eigenvalue weighted by Crippen LogP contribution is 2.16. The number of hydrogen-bond donors (Lipinski definition) is 2. The van der Waals surface area contributed by atoms with Crippen LogP contribution in [0.4, 0.5) is 10.1 Å². The van der Waals surface area contributed by atoms with Gasteiger partial charge in [-0.1, -0.05) is 17.7 Å². The van der Waals surface area contributed by atoms with E-state index in [-0.39, 0.29) is 18.0 Å². The summed E-state index contributed by atoms with van der Waals surface area (Å²) in [4.78, 5) is 26.3. The maximum atomic E-state index is 13.1. The van der Waals surface area contributed by atoms with Crippen molar-refractivity contribution >= 4 is 27.5 Å². The fourth-order valence-corrected chi connectivity index (χ4v) is 3.77. The van der Waals surface area contributed by atoms with Gasteiger partial charge in [0.2, 0.25) is 21.8 Å². The highest BCUT2D eigenvalue weighted by Gasteiger charge is 2.22. The van der Waals surface area contributed by atoms with Crippen LogP contribution in [0.1, 0.15) is 11.3 Å². The number of anilines is 1. The van der Waals surface area contributed by atoms with Crippen molar-refractivity contribution in [3.63, 3.8) is 0 Å². The lowest BCUT2D eigenvalue weighted by Gasteiger charge is -2.23. The van der Waals surface area contributed by atoms with Gasteiger partial charge in [0.05, 0.1) is 24.2 Å². The van der Waals surface area contributed by atoms with E-state index in [2.05, 4.69) is 10.0 Å². The van der Waals surface area contributed by atoms with Gasteiger partial charge in [-0.3, -0.25) is 9.59 Å². The Hall–Kier alpha value is -3.50. The second kappa shape index (κ2) is 10.2. The van der Waals surface area contributed by atoms with Gasteiger partial charge in [0.1, 0.15) is 18.1 Å². The number of aryl methyl sites for hydroxylation is 1. The molecule has 0 saturated carbocycles.